The van der Waals surface area contributed by atoms with Crippen LogP contribution in [0.5, 0.6) is 0 Å². The highest BCUT2D eigenvalue weighted by Crippen LogP contribution is 2.20. The van der Waals surface area contributed by atoms with Gasteiger partial charge in [-0.05, 0) is 24.8 Å². The van der Waals surface area contributed by atoms with Crippen molar-refractivity contribution < 1.29 is 4.79 Å². The maximum Gasteiger partial charge on any atom is 0.230 e. The average molecular weight is 248 g/mol. The summed E-state index contributed by atoms with van der Waals surface area (Å²) in [5, 5.41) is 2.95. The Balaban J connectivity index is 2.01. The van der Waals surface area contributed by atoms with E-state index in [1.807, 2.05) is 30.3 Å². The number of thiocarbonyl (C=S) groups is 1. The maximum absolute atomic E-state index is 12.0. The van der Waals surface area contributed by atoms with E-state index < -0.39 is 5.92 Å². The molecule has 0 spiro atoms. The van der Waals surface area contributed by atoms with Crippen molar-refractivity contribution in [3.05, 3.63) is 35.9 Å². The Morgan fingerprint density at radius 1 is 1.41 bits per heavy atom. The molecule has 0 heterocycles. The average Bonchev–Trinajstić information content (AvgIpc) is 3.10. The van der Waals surface area contributed by atoms with E-state index in [4.69, 9.17) is 18.0 Å². The van der Waals surface area contributed by atoms with Crippen molar-refractivity contribution in [1.29, 1.82) is 0 Å². The number of hydrogen-bond acceptors (Lipinski definition) is 2. The predicted molar refractivity (Wildman–Crippen MR) is 71.6 cm³/mol. The van der Waals surface area contributed by atoms with E-state index in [0.717, 1.165) is 18.4 Å². The van der Waals surface area contributed by atoms with Crippen molar-refractivity contribution in [2.75, 3.05) is 0 Å². The maximum atomic E-state index is 12.0. The second-order valence-corrected chi connectivity index (χ2v) is 4.90. The second-order valence-electron chi connectivity index (χ2n) is 4.43. The number of rotatable bonds is 5. The number of benzene rings is 1. The first kappa shape index (κ1) is 12.0. The van der Waals surface area contributed by atoms with Crippen LogP contribution < -0.4 is 11.1 Å². The number of amides is 1. The predicted octanol–water partition coefficient (Wildman–Crippen LogP) is 1.41. The molecular weight excluding hydrogens is 232 g/mol. The van der Waals surface area contributed by atoms with Gasteiger partial charge in [-0.1, -0.05) is 42.5 Å². The highest BCUT2D eigenvalue weighted by molar-refractivity contribution is 7.80. The van der Waals surface area contributed by atoms with Crippen LogP contribution in [0.15, 0.2) is 30.3 Å². The lowest BCUT2D eigenvalue weighted by atomic mass is 9.98. The fourth-order valence-electron chi connectivity index (χ4n) is 1.70. The molecule has 1 aliphatic rings. The van der Waals surface area contributed by atoms with E-state index in [1.165, 1.54) is 0 Å². The van der Waals surface area contributed by atoms with Crippen molar-refractivity contribution >= 4 is 23.1 Å². The van der Waals surface area contributed by atoms with Crippen LogP contribution in [-0.4, -0.2) is 16.9 Å². The summed E-state index contributed by atoms with van der Waals surface area (Å²) in [6.07, 6.45) is 2.72. The summed E-state index contributed by atoms with van der Waals surface area (Å²) in [6.45, 7) is 0. The first-order valence-electron chi connectivity index (χ1n) is 5.80. The second kappa shape index (κ2) is 5.27. The van der Waals surface area contributed by atoms with Crippen LogP contribution in [0.4, 0.5) is 0 Å². The third kappa shape index (κ3) is 3.53. The molecule has 3 nitrogen and oxygen atoms in total. The molecule has 1 aliphatic carbocycles. The molecule has 0 radical (unpaired) electrons. The number of carbonyl (C=O) groups is 1. The first-order chi connectivity index (χ1) is 8.16. The van der Waals surface area contributed by atoms with E-state index in [9.17, 15) is 4.79 Å². The summed E-state index contributed by atoms with van der Waals surface area (Å²) in [6, 6.07) is 10.2. The molecule has 17 heavy (non-hydrogen) atoms. The van der Waals surface area contributed by atoms with Gasteiger partial charge >= 0.3 is 0 Å². The lowest BCUT2D eigenvalue weighted by Gasteiger charge is -2.15. The fourth-order valence-corrected chi connectivity index (χ4v) is 1.89. The SMILES string of the molecule is NC(=S)C(Cc1ccccc1)C(=O)NC1CC1. The molecule has 3 N–H and O–H groups in total. The number of carbonyl (C=O) groups excluding carboxylic acids is 1. The Bertz CT molecular complexity index is 415. The minimum Gasteiger partial charge on any atom is -0.393 e. The minimum atomic E-state index is -0.395. The van der Waals surface area contributed by atoms with Crippen molar-refractivity contribution in [1.82, 2.24) is 5.32 Å². The number of nitrogens with two attached hydrogens (primary N) is 1. The first-order valence-corrected chi connectivity index (χ1v) is 6.21. The van der Waals surface area contributed by atoms with Crippen LogP contribution in [-0.2, 0) is 11.2 Å². The van der Waals surface area contributed by atoms with Gasteiger partial charge in [0.25, 0.3) is 0 Å². The molecule has 1 saturated carbocycles. The van der Waals surface area contributed by atoms with Gasteiger partial charge < -0.3 is 11.1 Å². The lowest BCUT2D eigenvalue weighted by molar-refractivity contribution is -0.123. The third-order valence-electron chi connectivity index (χ3n) is 2.87. The normalized spacial score (nSPS) is 16.2. The highest BCUT2D eigenvalue weighted by Gasteiger charge is 2.28. The summed E-state index contributed by atoms with van der Waals surface area (Å²) < 4.78 is 0. The van der Waals surface area contributed by atoms with Crippen molar-refractivity contribution in [3.8, 4) is 0 Å². The van der Waals surface area contributed by atoms with Gasteiger partial charge in [0.2, 0.25) is 5.91 Å². The molecule has 1 aromatic rings. The molecule has 90 valence electrons. The third-order valence-corrected chi connectivity index (χ3v) is 3.15. The number of nitrogens with one attached hydrogen (secondary N) is 1. The van der Waals surface area contributed by atoms with E-state index in [-0.39, 0.29) is 10.9 Å². The van der Waals surface area contributed by atoms with Gasteiger partial charge in [0, 0.05) is 6.04 Å². The standard InChI is InChI=1S/C13H16N2OS/c14-12(17)11(13(16)15-10-6-7-10)8-9-4-2-1-3-5-9/h1-5,10-11H,6-8H2,(H2,14,17)(H,15,16). The van der Waals surface area contributed by atoms with Gasteiger partial charge in [0.15, 0.2) is 0 Å². The molecule has 1 amide bonds. The zero-order chi connectivity index (χ0) is 12.3. The van der Waals surface area contributed by atoms with E-state index >= 15 is 0 Å². The Labute approximate surface area is 106 Å². The van der Waals surface area contributed by atoms with Crippen LogP contribution in [0.2, 0.25) is 0 Å². The van der Waals surface area contributed by atoms with Crippen molar-refractivity contribution in [2.45, 2.75) is 25.3 Å². The molecule has 0 bridgehead atoms. The van der Waals surface area contributed by atoms with Gasteiger partial charge in [-0.25, -0.2) is 0 Å². The largest absolute Gasteiger partial charge is 0.393 e. The monoisotopic (exact) mass is 248 g/mol. The van der Waals surface area contributed by atoms with Crippen molar-refractivity contribution in [3.63, 3.8) is 0 Å². The fraction of sp³-hybridized carbons (Fsp3) is 0.385. The molecule has 1 fully saturated rings. The Morgan fingerprint density at radius 3 is 2.59 bits per heavy atom. The molecule has 0 saturated heterocycles. The quantitative estimate of drug-likeness (QED) is 0.775. The van der Waals surface area contributed by atoms with Gasteiger partial charge in [0.05, 0.1) is 10.9 Å². The smallest absolute Gasteiger partial charge is 0.230 e. The van der Waals surface area contributed by atoms with Gasteiger partial charge in [-0.3, -0.25) is 4.79 Å². The lowest BCUT2D eigenvalue weighted by Crippen LogP contribution is -2.40. The summed E-state index contributed by atoms with van der Waals surface area (Å²) in [5.74, 6) is -0.433. The Morgan fingerprint density at radius 2 is 2.06 bits per heavy atom. The van der Waals surface area contributed by atoms with Gasteiger partial charge in [-0.15, -0.1) is 0 Å². The zero-order valence-electron chi connectivity index (χ0n) is 9.56. The summed E-state index contributed by atoms with van der Waals surface area (Å²) in [5.41, 5.74) is 6.73. The molecule has 2 rings (SSSR count). The van der Waals surface area contributed by atoms with Crippen LogP contribution in [0.1, 0.15) is 18.4 Å². The highest BCUT2D eigenvalue weighted by atomic mass is 32.1. The Kier molecular flexibility index (Phi) is 3.74. The van der Waals surface area contributed by atoms with E-state index in [2.05, 4.69) is 5.32 Å². The van der Waals surface area contributed by atoms with Crippen LogP contribution in [0.25, 0.3) is 0 Å². The summed E-state index contributed by atoms with van der Waals surface area (Å²) >= 11 is 4.98. The molecule has 0 aliphatic heterocycles. The minimum absolute atomic E-state index is 0.0381. The molecule has 4 heteroatoms. The van der Waals surface area contributed by atoms with Crippen molar-refractivity contribution in [2.24, 2.45) is 11.7 Å². The van der Waals surface area contributed by atoms with Crippen LogP contribution in [0, 0.1) is 5.92 Å². The Hall–Kier alpha value is -1.42. The molecule has 1 unspecified atom stereocenters. The zero-order valence-corrected chi connectivity index (χ0v) is 10.4. The molecule has 1 atom stereocenters. The number of hydrogen-bond donors (Lipinski definition) is 2. The van der Waals surface area contributed by atoms with Gasteiger partial charge in [-0.2, -0.15) is 0 Å². The summed E-state index contributed by atoms with van der Waals surface area (Å²) in [7, 11) is 0. The molecule has 1 aromatic carbocycles. The summed E-state index contributed by atoms with van der Waals surface area (Å²) in [4.78, 5) is 12.2. The van der Waals surface area contributed by atoms with Crippen LogP contribution in [0.3, 0.4) is 0 Å². The van der Waals surface area contributed by atoms with Gasteiger partial charge in [0.1, 0.15) is 0 Å². The van der Waals surface area contributed by atoms with E-state index in [0.29, 0.717) is 12.5 Å². The van der Waals surface area contributed by atoms with Crippen LogP contribution >= 0.6 is 12.2 Å². The van der Waals surface area contributed by atoms with E-state index in [1.54, 1.807) is 0 Å². The topological polar surface area (TPSA) is 55.1 Å². The molecular formula is C13H16N2OS. The molecule has 0 aromatic heterocycles.